The molecular formula is C20H22F3N3O4. The van der Waals surface area contributed by atoms with Gasteiger partial charge >= 0.3 is 6.18 Å². The van der Waals surface area contributed by atoms with E-state index in [1.165, 1.54) is 17.0 Å². The van der Waals surface area contributed by atoms with Crippen LogP contribution in [0.5, 0.6) is 0 Å². The molecule has 3 rings (SSSR count). The lowest BCUT2D eigenvalue weighted by molar-refractivity contribution is -0.137. The second-order valence-electron chi connectivity index (χ2n) is 7.75. The number of aromatic nitrogens is 1. The van der Waals surface area contributed by atoms with E-state index < -0.39 is 29.1 Å². The fourth-order valence-electron chi connectivity index (χ4n) is 3.36. The number of halogens is 3. The fourth-order valence-corrected chi connectivity index (χ4v) is 3.36. The Balaban J connectivity index is 1.75. The summed E-state index contributed by atoms with van der Waals surface area (Å²) in [6.07, 6.45) is -4.13. The fraction of sp³-hybridized carbons (Fsp3) is 0.450. The molecule has 0 saturated carbocycles. The predicted octanol–water partition coefficient (Wildman–Crippen LogP) is 3.75. The number of benzene rings is 1. The van der Waals surface area contributed by atoms with E-state index >= 15 is 0 Å². The first-order chi connectivity index (χ1) is 14.0. The van der Waals surface area contributed by atoms with Crippen molar-refractivity contribution in [2.24, 2.45) is 0 Å². The van der Waals surface area contributed by atoms with Gasteiger partial charge < -0.3 is 9.26 Å². The van der Waals surface area contributed by atoms with Crippen LogP contribution in [0.2, 0.25) is 0 Å². The highest BCUT2D eigenvalue weighted by Crippen LogP contribution is 2.33. The number of amides is 2. The Bertz CT molecular complexity index is 922. The zero-order chi connectivity index (χ0) is 22.1. The second kappa shape index (κ2) is 8.10. The van der Waals surface area contributed by atoms with Crippen molar-refractivity contribution in [2.45, 2.75) is 44.3 Å². The van der Waals surface area contributed by atoms with E-state index in [1.54, 1.807) is 13.2 Å². The average molecular weight is 425 g/mol. The summed E-state index contributed by atoms with van der Waals surface area (Å²) in [6, 6.07) is 4.86. The van der Waals surface area contributed by atoms with Gasteiger partial charge in [0.05, 0.1) is 17.9 Å². The highest BCUT2D eigenvalue weighted by atomic mass is 19.4. The van der Waals surface area contributed by atoms with Crippen LogP contribution >= 0.6 is 0 Å². The summed E-state index contributed by atoms with van der Waals surface area (Å²) in [5.74, 6) is -0.728. The molecule has 0 radical (unpaired) electrons. The van der Waals surface area contributed by atoms with Crippen LogP contribution in [0.3, 0.4) is 0 Å². The maximum absolute atomic E-state index is 12.8. The van der Waals surface area contributed by atoms with Gasteiger partial charge in [-0.2, -0.15) is 13.2 Å². The number of nitrogens with zero attached hydrogens (tertiary/aromatic N) is 2. The highest BCUT2D eigenvalue weighted by Gasteiger charge is 2.38. The summed E-state index contributed by atoms with van der Waals surface area (Å²) in [6.45, 7) is 4.20. The topological polar surface area (TPSA) is 84.7 Å². The Morgan fingerprint density at radius 2 is 1.97 bits per heavy atom. The standard InChI is InChI=1S/C20H22F3N3O4/c1-19(2,11-29-3)15-10-16(30-25-15)24-18(28)14-8-9-17(27)26(14)13-6-4-12(5-7-13)20(21,22)23/h4-7,10,14H,8-9,11H2,1-3H3,(H,24,28)/t14-/m0/s1. The summed E-state index contributed by atoms with van der Waals surface area (Å²) < 4.78 is 48.7. The molecule has 0 aliphatic carbocycles. The van der Waals surface area contributed by atoms with Crippen molar-refractivity contribution in [3.8, 4) is 0 Å². The average Bonchev–Trinajstić information content (AvgIpc) is 3.28. The molecule has 0 bridgehead atoms. The molecule has 2 amide bonds. The maximum Gasteiger partial charge on any atom is 0.416 e. The Morgan fingerprint density at radius 3 is 2.57 bits per heavy atom. The number of anilines is 2. The summed E-state index contributed by atoms with van der Waals surface area (Å²) in [7, 11) is 1.57. The van der Waals surface area contributed by atoms with E-state index in [0.29, 0.717) is 12.3 Å². The van der Waals surface area contributed by atoms with Crippen molar-refractivity contribution in [1.82, 2.24) is 5.16 Å². The zero-order valence-corrected chi connectivity index (χ0v) is 16.7. The third-order valence-electron chi connectivity index (χ3n) is 4.94. The summed E-state index contributed by atoms with van der Waals surface area (Å²) in [4.78, 5) is 26.3. The van der Waals surface area contributed by atoms with Gasteiger partial charge in [-0.15, -0.1) is 0 Å². The normalized spacial score (nSPS) is 17.5. The number of alkyl halides is 3. The third kappa shape index (κ3) is 4.48. The quantitative estimate of drug-likeness (QED) is 0.762. The van der Waals surface area contributed by atoms with Crippen molar-refractivity contribution >= 4 is 23.4 Å². The van der Waals surface area contributed by atoms with Crippen molar-refractivity contribution in [2.75, 3.05) is 23.9 Å². The van der Waals surface area contributed by atoms with Gasteiger partial charge in [0.25, 0.3) is 0 Å². The Morgan fingerprint density at radius 1 is 1.30 bits per heavy atom. The Labute approximate surface area is 171 Å². The molecule has 1 atom stereocenters. The molecule has 1 fully saturated rings. The molecule has 2 aromatic rings. The lowest BCUT2D eigenvalue weighted by Crippen LogP contribution is -2.41. The van der Waals surface area contributed by atoms with Crippen molar-refractivity contribution in [3.05, 3.63) is 41.6 Å². The molecule has 7 nitrogen and oxygen atoms in total. The molecule has 10 heteroatoms. The second-order valence-corrected chi connectivity index (χ2v) is 7.75. The number of carbonyl (C=O) groups excluding carboxylic acids is 2. The van der Waals surface area contributed by atoms with Crippen LogP contribution in [0, 0.1) is 0 Å². The zero-order valence-electron chi connectivity index (χ0n) is 16.7. The van der Waals surface area contributed by atoms with Gasteiger partial charge in [-0.05, 0) is 30.7 Å². The monoisotopic (exact) mass is 425 g/mol. The Kier molecular flexibility index (Phi) is 5.89. The van der Waals surface area contributed by atoms with Gasteiger partial charge in [-0.1, -0.05) is 19.0 Å². The van der Waals surface area contributed by atoms with Gasteiger partial charge in [-0.25, -0.2) is 0 Å². The smallest absolute Gasteiger partial charge is 0.384 e. The van der Waals surface area contributed by atoms with Crippen LogP contribution < -0.4 is 10.2 Å². The molecule has 1 N–H and O–H groups in total. The molecule has 1 saturated heterocycles. The first kappa shape index (κ1) is 21.8. The SMILES string of the molecule is COCC(C)(C)c1cc(NC(=O)[C@@H]2CCC(=O)N2c2ccc(C(F)(F)F)cc2)on1. The highest BCUT2D eigenvalue weighted by molar-refractivity contribution is 6.07. The minimum atomic E-state index is -4.48. The molecule has 2 heterocycles. The van der Waals surface area contributed by atoms with Gasteiger partial charge in [0.1, 0.15) is 6.04 Å². The van der Waals surface area contributed by atoms with Crippen molar-refractivity contribution < 1.29 is 32.0 Å². The molecule has 30 heavy (non-hydrogen) atoms. The van der Waals surface area contributed by atoms with Crippen LogP contribution in [0.1, 0.15) is 37.9 Å². The number of ether oxygens (including phenoxy) is 1. The summed E-state index contributed by atoms with van der Waals surface area (Å²) >= 11 is 0. The van der Waals surface area contributed by atoms with Gasteiger partial charge in [-0.3, -0.25) is 19.8 Å². The van der Waals surface area contributed by atoms with E-state index in [-0.39, 0.29) is 30.3 Å². The number of nitrogens with one attached hydrogen (secondary N) is 1. The lowest BCUT2D eigenvalue weighted by atomic mass is 9.90. The van der Waals surface area contributed by atoms with Crippen molar-refractivity contribution in [1.29, 1.82) is 0 Å². The third-order valence-corrected chi connectivity index (χ3v) is 4.94. The number of methoxy groups -OCH3 is 1. The van der Waals surface area contributed by atoms with Crippen molar-refractivity contribution in [3.63, 3.8) is 0 Å². The van der Waals surface area contributed by atoms with E-state index in [1.807, 2.05) is 13.8 Å². The molecule has 162 valence electrons. The van der Waals surface area contributed by atoms with Gasteiger partial charge in [0.2, 0.25) is 17.7 Å². The molecule has 0 spiro atoms. The minimum absolute atomic E-state index is 0.113. The van der Waals surface area contributed by atoms with E-state index in [2.05, 4.69) is 10.5 Å². The van der Waals surface area contributed by atoms with E-state index in [4.69, 9.17) is 9.26 Å². The van der Waals surface area contributed by atoms with Crippen LogP contribution in [-0.4, -0.2) is 36.7 Å². The first-order valence-corrected chi connectivity index (χ1v) is 9.29. The molecule has 0 unspecified atom stereocenters. The van der Waals surface area contributed by atoms with E-state index in [0.717, 1.165) is 12.1 Å². The van der Waals surface area contributed by atoms with Gasteiger partial charge in [0.15, 0.2) is 0 Å². The molecule has 1 aromatic carbocycles. The molecule has 1 aliphatic rings. The number of hydrogen-bond acceptors (Lipinski definition) is 5. The Hall–Kier alpha value is -2.88. The van der Waals surface area contributed by atoms with Gasteiger partial charge in [0, 0.05) is 30.7 Å². The predicted molar refractivity (Wildman–Crippen MR) is 102 cm³/mol. The lowest BCUT2D eigenvalue weighted by Gasteiger charge is -2.24. The molecule has 1 aromatic heterocycles. The largest absolute Gasteiger partial charge is 0.416 e. The minimum Gasteiger partial charge on any atom is -0.384 e. The summed E-state index contributed by atoms with van der Waals surface area (Å²) in [5, 5.41) is 6.55. The molecule has 1 aliphatic heterocycles. The maximum atomic E-state index is 12.8. The number of carbonyl (C=O) groups is 2. The van der Waals surface area contributed by atoms with E-state index in [9.17, 15) is 22.8 Å². The first-order valence-electron chi connectivity index (χ1n) is 9.29. The number of hydrogen-bond donors (Lipinski definition) is 1. The van der Waals surface area contributed by atoms with Crippen LogP contribution in [-0.2, 0) is 25.9 Å². The molecular weight excluding hydrogens is 403 g/mol. The summed E-state index contributed by atoms with van der Waals surface area (Å²) in [5.41, 5.74) is -0.449. The van der Waals surface area contributed by atoms with Crippen LogP contribution in [0.25, 0.3) is 0 Å². The number of rotatable bonds is 6. The van der Waals surface area contributed by atoms with Crippen LogP contribution in [0.15, 0.2) is 34.9 Å². The van der Waals surface area contributed by atoms with Crippen LogP contribution in [0.4, 0.5) is 24.7 Å².